The first-order valence-corrected chi connectivity index (χ1v) is 8.21. The zero-order valence-corrected chi connectivity index (χ0v) is 13.3. The smallest absolute Gasteiger partial charge is 0.234 e. The summed E-state index contributed by atoms with van der Waals surface area (Å²) in [4.78, 5) is 13.9. The standard InChI is InChI=1S/C15H23N3O2S/c1-10(2)12(11-6-5-9-21-11)17-14(19)15(13(16)18-20)7-3-4-8-15/h5-6,9-10,12,20H,3-4,7-8H2,1-2H3,(H2,16,18)(H,17,19). The second-order valence-corrected chi connectivity index (χ2v) is 6.96. The molecular formula is C15H23N3O2S. The second kappa shape index (κ2) is 6.47. The fraction of sp³-hybridized carbons (Fsp3) is 0.600. The number of oxime groups is 1. The Kier molecular flexibility index (Phi) is 4.88. The lowest BCUT2D eigenvalue weighted by atomic mass is 9.83. The molecule has 1 amide bonds. The highest BCUT2D eigenvalue weighted by molar-refractivity contribution is 7.10. The van der Waals surface area contributed by atoms with Crippen LogP contribution in [0.3, 0.4) is 0 Å². The minimum absolute atomic E-state index is 0.0335. The van der Waals surface area contributed by atoms with Gasteiger partial charge in [0.2, 0.25) is 5.91 Å². The topological polar surface area (TPSA) is 87.7 Å². The average Bonchev–Trinajstić information content (AvgIpc) is 3.14. The third kappa shape index (κ3) is 3.05. The van der Waals surface area contributed by atoms with E-state index >= 15 is 0 Å². The van der Waals surface area contributed by atoms with Crippen molar-refractivity contribution in [2.45, 2.75) is 45.6 Å². The van der Waals surface area contributed by atoms with Gasteiger partial charge in [-0.1, -0.05) is 37.9 Å². The zero-order valence-electron chi connectivity index (χ0n) is 12.5. The highest BCUT2D eigenvalue weighted by Crippen LogP contribution is 2.39. The van der Waals surface area contributed by atoms with E-state index in [2.05, 4.69) is 24.3 Å². The Labute approximate surface area is 129 Å². The summed E-state index contributed by atoms with van der Waals surface area (Å²) in [5.41, 5.74) is 4.98. The Morgan fingerprint density at radius 2 is 2.14 bits per heavy atom. The Hall–Kier alpha value is -1.56. The van der Waals surface area contributed by atoms with E-state index in [1.165, 1.54) is 0 Å². The molecule has 0 aliphatic heterocycles. The van der Waals surface area contributed by atoms with Gasteiger partial charge in [0.15, 0.2) is 5.84 Å². The summed E-state index contributed by atoms with van der Waals surface area (Å²) in [5.74, 6) is 0.187. The molecule has 4 N–H and O–H groups in total. The maximum absolute atomic E-state index is 12.8. The minimum Gasteiger partial charge on any atom is -0.409 e. The highest BCUT2D eigenvalue weighted by Gasteiger charge is 2.46. The van der Waals surface area contributed by atoms with Crippen molar-refractivity contribution in [3.8, 4) is 0 Å². The Bertz CT molecular complexity index is 505. The van der Waals surface area contributed by atoms with Gasteiger partial charge in [-0.15, -0.1) is 11.3 Å². The van der Waals surface area contributed by atoms with Gasteiger partial charge in [0.1, 0.15) is 5.41 Å². The van der Waals surface area contributed by atoms with Crippen LogP contribution in [0.25, 0.3) is 0 Å². The molecule has 1 aromatic heterocycles. The van der Waals surface area contributed by atoms with Gasteiger partial charge in [0.25, 0.3) is 0 Å². The van der Waals surface area contributed by atoms with Crippen LogP contribution in [-0.2, 0) is 4.79 Å². The van der Waals surface area contributed by atoms with E-state index in [4.69, 9.17) is 10.9 Å². The third-order valence-corrected chi connectivity index (χ3v) is 5.25. The van der Waals surface area contributed by atoms with Gasteiger partial charge in [0.05, 0.1) is 6.04 Å². The van der Waals surface area contributed by atoms with Crippen molar-refractivity contribution in [2.75, 3.05) is 0 Å². The Balaban J connectivity index is 2.22. The monoisotopic (exact) mass is 309 g/mol. The molecule has 6 heteroatoms. The highest BCUT2D eigenvalue weighted by atomic mass is 32.1. The number of rotatable bonds is 5. The SMILES string of the molecule is CC(C)C(NC(=O)C1(C(N)=NO)CCCC1)c1cccs1. The summed E-state index contributed by atoms with van der Waals surface area (Å²) in [5, 5.41) is 17.3. The normalized spacial score (nSPS) is 19.7. The summed E-state index contributed by atoms with van der Waals surface area (Å²) in [6, 6.07) is 3.97. The number of nitrogens with zero attached hydrogens (tertiary/aromatic N) is 1. The molecule has 116 valence electrons. The van der Waals surface area contributed by atoms with Crippen molar-refractivity contribution in [1.29, 1.82) is 0 Å². The molecule has 1 aromatic rings. The van der Waals surface area contributed by atoms with Crippen LogP contribution in [0, 0.1) is 11.3 Å². The number of thiophene rings is 1. The van der Waals surface area contributed by atoms with E-state index in [-0.39, 0.29) is 23.7 Å². The molecule has 1 unspecified atom stereocenters. The second-order valence-electron chi connectivity index (χ2n) is 5.99. The number of nitrogens with two attached hydrogens (primary N) is 1. The van der Waals surface area contributed by atoms with E-state index in [0.29, 0.717) is 12.8 Å². The van der Waals surface area contributed by atoms with Gasteiger partial charge in [-0.05, 0) is 30.2 Å². The molecule has 1 aliphatic carbocycles. The summed E-state index contributed by atoms with van der Waals surface area (Å²) < 4.78 is 0. The van der Waals surface area contributed by atoms with Crippen molar-refractivity contribution in [1.82, 2.24) is 5.32 Å². The van der Waals surface area contributed by atoms with Gasteiger partial charge in [-0.25, -0.2) is 0 Å². The quantitative estimate of drug-likeness (QED) is 0.338. The number of hydrogen-bond donors (Lipinski definition) is 3. The maximum atomic E-state index is 12.8. The molecular weight excluding hydrogens is 286 g/mol. The Morgan fingerprint density at radius 3 is 2.62 bits per heavy atom. The average molecular weight is 309 g/mol. The van der Waals surface area contributed by atoms with Crippen molar-refractivity contribution >= 4 is 23.1 Å². The molecule has 5 nitrogen and oxygen atoms in total. The van der Waals surface area contributed by atoms with E-state index < -0.39 is 5.41 Å². The van der Waals surface area contributed by atoms with Crippen LogP contribution in [0.2, 0.25) is 0 Å². The summed E-state index contributed by atoms with van der Waals surface area (Å²) in [6.07, 6.45) is 3.14. The van der Waals surface area contributed by atoms with Gasteiger partial charge in [-0.3, -0.25) is 4.79 Å². The van der Waals surface area contributed by atoms with Gasteiger partial charge >= 0.3 is 0 Å². The van der Waals surface area contributed by atoms with Crippen LogP contribution < -0.4 is 11.1 Å². The summed E-state index contributed by atoms with van der Waals surface area (Å²) in [6.45, 7) is 4.16. The minimum atomic E-state index is -0.848. The summed E-state index contributed by atoms with van der Waals surface area (Å²) >= 11 is 1.63. The van der Waals surface area contributed by atoms with Crippen molar-refractivity contribution in [3.63, 3.8) is 0 Å². The van der Waals surface area contributed by atoms with Gasteiger partial charge in [-0.2, -0.15) is 0 Å². The van der Waals surface area contributed by atoms with E-state index in [0.717, 1.165) is 17.7 Å². The number of amidine groups is 1. The molecule has 2 rings (SSSR count). The number of amides is 1. The Morgan fingerprint density at radius 1 is 1.48 bits per heavy atom. The lowest BCUT2D eigenvalue weighted by Gasteiger charge is -2.30. The van der Waals surface area contributed by atoms with Crippen LogP contribution in [0.1, 0.15) is 50.4 Å². The predicted molar refractivity (Wildman–Crippen MR) is 84.4 cm³/mol. The van der Waals surface area contributed by atoms with Gasteiger partial charge < -0.3 is 16.3 Å². The van der Waals surface area contributed by atoms with E-state index in [9.17, 15) is 4.79 Å². The molecule has 1 fully saturated rings. The molecule has 21 heavy (non-hydrogen) atoms. The number of nitrogens with one attached hydrogen (secondary N) is 1. The van der Waals surface area contributed by atoms with Crippen LogP contribution in [0.4, 0.5) is 0 Å². The molecule has 1 atom stereocenters. The number of carbonyl (C=O) groups is 1. The van der Waals surface area contributed by atoms with Crippen molar-refractivity contribution in [3.05, 3.63) is 22.4 Å². The molecule has 0 radical (unpaired) electrons. The largest absolute Gasteiger partial charge is 0.409 e. The first kappa shape index (κ1) is 15.8. The molecule has 0 aromatic carbocycles. The first-order chi connectivity index (χ1) is 10.0. The lowest BCUT2D eigenvalue weighted by Crippen LogP contribution is -2.49. The van der Waals surface area contributed by atoms with E-state index in [1.807, 2.05) is 17.5 Å². The maximum Gasteiger partial charge on any atom is 0.234 e. The van der Waals surface area contributed by atoms with Crippen LogP contribution in [0.15, 0.2) is 22.7 Å². The van der Waals surface area contributed by atoms with Crippen LogP contribution >= 0.6 is 11.3 Å². The van der Waals surface area contributed by atoms with Crippen LogP contribution in [0.5, 0.6) is 0 Å². The number of carbonyl (C=O) groups excluding carboxylic acids is 1. The van der Waals surface area contributed by atoms with Crippen LogP contribution in [-0.4, -0.2) is 17.0 Å². The van der Waals surface area contributed by atoms with E-state index in [1.54, 1.807) is 11.3 Å². The first-order valence-electron chi connectivity index (χ1n) is 7.33. The fourth-order valence-corrected chi connectivity index (χ4v) is 3.94. The number of hydrogen-bond acceptors (Lipinski definition) is 4. The van der Waals surface area contributed by atoms with Crippen molar-refractivity contribution < 1.29 is 10.0 Å². The zero-order chi connectivity index (χ0) is 15.5. The van der Waals surface area contributed by atoms with Gasteiger partial charge in [0, 0.05) is 4.88 Å². The third-order valence-electron chi connectivity index (χ3n) is 4.29. The molecule has 1 saturated carbocycles. The summed E-state index contributed by atoms with van der Waals surface area (Å²) in [7, 11) is 0. The molecule has 1 heterocycles. The fourth-order valence-electron chi connectivity index (χ4n) is 2.99. The molecule has 0 spiro atoms. The molecule has 0 saturated heterocycles. The molecule has 0 bridgehead atoms. The lowest BCUT2D eigenvalue weighted by molar-refractivity contribution is -0.128. The van der Waals surface area contributed by atoms with Crippen molar-refractivity contribution in [2.24, 2.45) is 22.2 Å². The molecule has 1 aliphatic rings. The predicted octanol–water partition coefficient (Wildman–Crippen LogP) is 2.87.